The molecule has 0 spiro atoms. The van der Waals surface area contributed by atoms with Crippen LogP contribution >= 0.6 is 35.0 Å². The third-order valence-corrected chi connectivity index (χ3v) is 4.88. The predicted octanol–water partition coefficient (Wildman–Crippen LogP) is 3.00. The standard InChI is InChI=1S/C12H11Cl3N2O/c1-16-9-5-17(15)4-7(9)6-2-3-8(13)11(14)10(6)12(16)18/h2-3,7,9H,4-5H2,1H3/t7-,9+/m1/s1. The molecule has 0 bridgehead atoms. The third-order valence-electron chi connectivity index (χ3n) is 3.80. The fourth-order valence-electron chi connectivity index (χ4n) is 2.86. The Labute approximate surface area is 120 Å². The van der Waals surface area contributed by atoms with Gasteiger partial charge in [-0.2, -0.15) is 0 Å². The van der Waals surface area contributed by atoms with E-state index in [-0.39, 0.29) is 17.9 Å². The number of carbonyl (C=O) groups is 1. The number of halogens is 3. The highest BCUT2D eigenvalue weighted by Gasteiger charge is 2.44. The molecule has 0 saturated carbocycles. The van der Waals surface area contributed by atoms with Crippen LogP contribution in [0.4, 0.5) is 0 Å². The minimum absolute atomic E-state index is 0.0780. The maximum atomic E-state index is 12.4. The highest BCUT2D eigenvalue weighted by atomic mass is 35.5. The molecule has 0 aliphatic carbocycles. The molecule has 1 aromatic carbocycles. The number of hydrogen-bond acceptors (Lipinski definition) is 2. The fraction of sp³-hybridized carbons (Fsp3) is 0.417. The normalized spacial score (nSPS) is 27.3. The Morgan fingerprint density at radius 1 is 1.28 bits per heavy atom. The van der Waals surface area contributed by atoms with Gasteiger partial charge in [-0.05, 0) is 23.4 Å². The SMILES string of the molecule is CN1C(=O)c2c(ccc(Cl)c2Cl)[C@H]2CN(Cl)C[C@@H]21. The van der Waals surface area contributed by atoms with Gasteiger partial charge in [-0.15, -0.1) is 0 Å². The van der Waals surface area contributed by atoms with Crippen LogP contribution in [0.5, 0.6) is 0 Å². The van der Waals surface area contributed by atoms with Crippen molar-refractivity contribution in [3.05, 3.63) is 33.3 Å². The van der Waals surface area contributed by atoms with Crippen molar-refractivity contribution in [3.8, 4) is 0 Å². The summed E-state index contributed by atoms with van der Waals surface area (Å²) < 4.78 is 1.72. The first-order valence-corrected chi connectivity index (χ1v) is 6.76. The van der Waals surface area contributed by atoms with Gasteiger partial charge < -0.3 is 4.90 Å². The molecule has 0 unspecified atom stereocenters. The smallest absolute Gasteiger partial charge is 0.255 e. The summed E-state index contributed by atoms with van der Waals surface area (Å²) >= 11 is 18.2. The summed E-state index contributed by atoms with van der Waals surface area (Å²) in [5.41, 5.74) is 1.49. The van der Waals surface area contributed by atoms with Crippen LogP contribution < -0.4 is 0 Å². The Balaban J connectivity index is 2.19. The van der Waals surface area contributed by atoms with Gasteiger partial charge in [0.2, 0.25) is 0 Å². The lowest BCUT2D eigenvalue weighted by molar-refractivity contribution is 0.0704. The quantitative estimate of drug-likeness (QED) is 0.688. The predicted molar refractivity (Wildman–Crippen MR) is 72.5 cm³/mol. The molecule has 2 aliphatic rings. The summed E-state index contributed by atoms with van der Waals surface area (Å²) in [6.45, 7) is 1.39. The maximum Gasteiger partial charge on any atom is 0.255 e. The van der Waals surface area contributed by atoms with E-state index in [0.29, 0.717) is 22.2 Å². The minimum Gasteiger partial charge on any atom is -0.337 e. The molecule has 1 fully saturated rings. The van der Waals surface area contributed by atoms with E-state index in [4.69, 9.17) is 35.0 Å². The Kier molecular flexibility index (Phi) is 2.98. The first kappa shape index (κ1) is 12.5. The van der Waals surface area contributed by atoms with Crippen molar-refractivity contribution in [3.63, 3.8) is 0 Å². The minimum atomic E-state index is -0.0780. The lowest BCUT2D eigenvalue weighted by Crippen LogP contribution is -2.45. The lowest BCUT2D eigenvalue weighted by atomic mass is 9.85. The highest BCUT2D eigenvalue weighted by Crippen LogP contribution is 2.42. The number of nitrogens with zero attached hydrogens (tertiary/aromatic N) is 2. The molecule has 1 aromatic rings. The summed E-state index contributed by atoms with van der Waals surface area (Å²) in [5, 5.41) is 0.758. The number of rotatable bonds is 0. The molecule has 2 heterocycles. The second kappa shape index (κ2) is 4.27. The zero-order chi connectivity index (χ0) is 13.0. The first-order chi connectivity index (χ1) is 8.50. The second-order valence-corrected chi connectivity index (χ2v) is 6.01. The van der Waals surface area contributed by atoms with Crippen molar-refractivity contribution in [2.24, 2.45) is 0 Å². The molecule has 0 radical (unpaired) electrons. The average molecular weight is 306 g/mol. The van der Waals surface area contributed by atoms with Crippen molar-refractivity contribution in [2.75, 3.05) is 20.1 Å². The second-order valence-electron chi connectivity index (χ2n) is 4.74. The molecule has 3 rings (SSSR count). The van der Waals surface area contributed by atoms with Gasteiger partial charge in [-0.1, -0.05) is 29.3 Å². The zero-order valence-corrected chi connectivity index (χ0v) is 11.9. The van der Waals surface area contributed by atoms with E-state index in [1.807, 2.05) is 6.07 Å². The summed E-state index contributed by atoms with van der Waals surface area (Å²) in [4.78, 5) is 14.1. The Bertz CT molecular complexity index is 534. The number of fused-ring (bicyclic) bond motifs is 3. The van der Waals surface area contributed by atoms with Crippen LogP contribution in [-0.4, -0.2) is 41.4 Å². The van der Waals surface area contributed by atoms with E-state index < -0.39 is 0 Å². The van der Waals surface area contributed by atoms with Crippen LogP contribution in [0.1, 0.15) is 21.8 Å². The molecular weight excluding hydrogens is 295 g/mol. The molecular formula is C12H11Cl3N2O. The molecule has 96 valence electrons. The van der Waals surface area contributed by atoms with Crippen LogP contribution in [0.3, 0.4) is 0 Å². The summed E-state index contributed by atoms with van der Waals surface area (Å²) in [6, 6.07) is 3.75. The summed E-state index contributed by atoms with van der Waals surface area (Å²) in [7, 11) is 1.79. The third kappa shape index (κ3) is 1.65. The number of carbonyl (C=O) groups excluding carboxylic acids is 1. The van der Waals surface area contributed by atoms with Crippen molar-refractivity contribution in [1.82, 2.24) is 9.32 Å². The maximum absolute atomic E-state index is 12.4. The summed E-state index contributed by atoms with van der Waals surface area (Å²) in [5.74, 6) is 0.126. The van der Waals surface area contributed by atoms with Gasteiger partial charge >= 0.3 is 0 Å². The van der Waals surface area contributed by atoms with E-state index in [9.17, 15) is 4.79 Å². The van der Waals surface area contributed by atoms with Crippen LogP contribution in [0, 0.1) is 0 Å². The van der Waals surface area contributed by atoms with Crippen LogP contribution in [0.15, 0.2) is 12.1 Å². The van der Waals surface area contributed by atoms with E-state index in [0.717, 1.165) is 12.1 Å². The van der Waals surface area contributed by atoms with Gasteiger partial charge in [0.05, 0.1) is 21.7 Å². The Hall–Kier alpha value is -0.480. The van der Waals surface area contributed by atoms with Gasteiger partial charge in [0, 0.05) is 26.1 Å². The first-order valence-electron chi connectivity index (χ1n) is 5.66. The number of hydrogen-bond donors (Lipinski definition) is 0. The van der Waals surface area contributed by atoms with Crippen molar-refractivity contribution in [1.29, 1.82) is 0 Å². The van der Waals surface area contributed by atoms with Crippen molar-refractivity contribution in [2.45, 2.75) is 12.0 Å². The van der Waals surface area contributed by atoms with Crippen LogP contribution in [0.25, 0.3) is 0 Å². The Morgan fingerprint density at radius 3 is 2.72 bits per heavy atom. The van der Waals surface area contributed by atoms with Crippen LogP contribution in [-0.2, 0) is 0 Å². The van der Waals surface area contributed by atoms with E-state index in [1.165, 1.54) is 0 Å². The molecule has 1 saturated heterocycles. The summed E-state index contributed by atoms with van der Waals surface area (Å²) in [6.07, 6.45) is 0. The monoisotopic (exact) mass is 304 g/mol. The largest absolute Gasteiger partial charge is 0.337 e. The topological polar surface area (TPSA) is 23.6 Å². The van der Waals surface area contributed by atoms with Gasteiger partial charge in [-0.25, -0.2) is 4.42 Å². The van der Waals surface area contributed by atoms with Crippen molar-refractivity contribution < 1.29 is 4.79 Å². The highest BCUT2D eigenvalue weighted by molar-refractivity contribution is 6.44. The average Bonchev–Trinajstić information content (AvgIpc) is 2.72. The van der Waals surface area contributed by atoms with E-state index in [1.54, 1.807) is 22.4 Å². The fourth-order valence-corrected chi connectivity index (χ4v) is 3.56. The van der Waals surface area contributed by atoms with Crippen LogP contribution in [0.2, 0.25) is 10.0 Å². The Morgan fingerprint density at radius 2 is 2.00 bits per heavy atom. The number of benzene rings is 1. The number of amides is 1. The van der Waals surface area contributed by atoms with Gasteiger partial charge in [-0.3, -0.25) is 4.79 Å². The molecule has 2 atom stereocenters. The number of likely N-dealkylation sites (N-methyl/N-ethyl adjacent to an activating group) is 1. The molecule has 1 amide bonds. The molecule has 3 nitrogen and oxygen atoms in total. The molecule has 6 heteroatoms. The van der Waals surface area contributed by atoms with Crippen molar-refractivity contribution >= 4 is 40.9 Å². The molecule has 0 N–H and O–H groups in total. The molecule has 2 aliphatic heterocycles. The van der Waals surface area contributed by atoms with E-state index >= 15 is 0 Å². The van der Waals surface area contributed by atoms with E-state index in [2.05, 4.69) is 0 Å². The molecule has 0 aromatic heterocycles. The van der Waals surface area contributed by atoms with Gasteiger partial charge in [0.1, 0.15) is 0 Å². The molecule has 18 heavy (non-hydrogen) atoms. The zero-order valence-electron chi connectivity index (χ0n) is 9.66. The van der Waals surface area contributed by atoms with Gasteiger partial charge in [0.25, 0.3) is 5.91 Å². The lowest BCUT2D eigenvalue weighted by Gasteiger charge is -2.36. The van der Waals surface area contributed by atoms with Gasteiger partial charge in [0.15, 0.2) is 0 Å².